The number of aliphatic imine (C=N–C) groups is 1. The molecule has 0 N–H and O–H groups in total. The van der Waals surface area contributed by atoms with Gasteiger partial charge in [0.05, 0.1) is 5.69 Å². The Balaban J connectivity index is 3.34. The van der Waals surface area contributed by atoms with E-state index in [0.29, 0.717) is 0 Å². The third-order valence-electron chi connectivity index (χ3n) is 1.93. The second-order valence-electron chi connectivity index (χ2n) is 2.74. The summed E-state index contributed by atoms with van der Waals surface area (Å²) in [6.07, 6.45) is 3.86. The summed E-state index contributed by atoms with van der Waals surface area (Å²) in [6.45, 7) is 9.37. The first kappa shape index (κ1) is 10.1. The third-order valence-corrected chi connectivity index (χ3v) is 2.81. The van der Waals surface area contributed by atoms with Crippen LogP contribution in [0.4, 0.5) is 5.69 Å². The molecule has 13 heavy (non-hydrogen) atoms. The Bertz CT molecular complexity index is 342. The Hall–Kier alpha value is -1.02. The Labute approximate surface area is 83.6 Å². The van der Waals surface area contributed by atoms with Gasteiger partial charge in [0.2, 0.25) is 0 Å². The molecule has 0 aliphatic heterocycles. The minimum Gasteiger partial charge on any atom is -0.264 e. The van der Waals surface area contributed by atoms with Crippen molar-refractivity contribution in [1.29, 1.82) is 0 Å². The maximum absolute atomic E-state index is 3.96. The van der Waals surface area contributed by atoms with E-state index in [-0.39, 0.29) is 0 Å². The number of rotatable bonds is 3. The van der Waals surface area contributed by atoms with E-state index in [1.165, 1.54) is 10.5 Å². The number of hydrogen-bond acceptors (Lipinski definition) is 2. The van der Waals surface area contributed by atoms with Crippen LogP contribution in [0.15, 0.2) is 28.6 Å². The number of thioether (sulfide) groups is 1. The molecular formula is C11H13NS. The van der Waals surface area contributed by atoms with Crippen molar-refractivity contribution in [2.75, 3.05) is 6.26 Å². The molecule has 0 unspecified atom stereocenters. The Morgan fingerprint density at radius 1 is 1.46 bits per heavy atom. The van der Waals surface area contributed by atoms with Gasteiger partial charge in [-0.2, -0.15) is 0 Å². The standard InChI is InChI=1S/C11H13NS/c1-5-9-6-8(2)11(13-4)7-10(9)12-3/h5-7H,1,3H2,2,4H3. The van der Waals surface area contributed by atoms with Crippen LogP contribution < -0.4 is 0 Å². The van der Waals surface area contributed by atoms with E-state index in [1.54, 1.807) is 17.8 Å². The maximum atomic E-state index is 3.96. The van der Waals surface area contributed by atoms with Crippen LogP contribution in [0.1, 0.15) is 11.1 Å². The fourth-order valence-electron chi connectivity index (χ4n) is 1.22. The summed E-state index contributed by atoms with van der Waals surface area (Å²) in [4.78, 5) is 5.20. The van der Waals surface area contributed by atoms with E-state index in [2.05, 4.69) is 37.5 Å². The predicted molar refractivity (Wildman–Crippen MR) is 62.3 cm³/mol. The van der Waals surface area contributed by atoms with Crippen LogP contribution in [-0.4, -0.2) is 13.0 Å². The molecule has 0 aliphatic carbocycles. The molecule has 0 aliphatic rings. The molecule has 1 aromatic rings. The Kier molecular flexibility index (Phi) is 3.32. The molecule has 0 bridgehead atoms. The van der Waals surface area contributed by atoms with E-state index in [9.17, 15) is 0 Å². The fraction of sp³-hybridized carbons (Fsp3) is 0.182. The van der Waals surface area contributed by atoms with Crippen LogP contribution in [0.25, 0.3) is 6.08 Å². The van der Waals surface area contributed by atoms with Crippen molar-refractivity contribution in [3.63, 3.8) is 0 Å². The summed E-state index contributed by atoms with van der Waals surface area (Å²) in [5.74, 6) is 0. The molecule has 0 atom stereocenters. The van der Waals surface area contributed by atoms with Gasteiger partial charge in [-0.25, -0.2) is 0 Å². The van der Waals surface area contributed by atoms with Crippen molar-refractivity contribution in [3.8, 4) is 0 Å². The van der Waals surface area contributed by atoms with Crippen LogP contribution in [0.3, 0.4) is 0 Å². The SMILES string of the molecule is C=Cc1cc(C)c(SC)cc1N=C. The highest BCUT2D eigenvalue weighted by Crippen LogP contribution is 2.29. The first-order valence-electron chi connectivity index (χ1n) is 4.00. The first-order chi connectivity index (χ1) is 6.22. The quantitative estimate of drug-likeness (QED) is 0.524. The minimum atomic E-state index is 0.907. The summed E-state index contributed by atoms with van der Waals surface area (Å²) in [5.41, 5.74) is 3.21. The molecule has 0 saturated heterocycles. The summed E-state index contributed by atoms with van der Waals surface area (Å²) in [6, 6.07) is 4.13. The van der Waals surface area contributed by atoms with Gasteiger partial charge in [-0.3, -0.25) is 4.99 Å². The topological polar surface area (TPSA) is 12.4 Å². The molecule has 1 aromatic carbocycles. The predicted octanol–water partition coefficient (Wildman–Crippen LogP) is 3.69. The van der Waals surface area contributed by atoms with E-state index in [0.717, 1.165) is 11.3 Å². The summed E-state index contributed by atoms with van der Waals surface area (Å²) in [5, 5.41) is 0. The average molecular weight is 191 g/mol. The van der Waals surface area contributed by atoms with Crippen molar-refractivity contribution in [1.82, 2.24) is 0 Å². The van der Waals surface area contributed by atoms with Gasteiger partial charge in [0, 0.05) is 4.90 Å². The van der Waals surface area contributed by atoms with Crippen molar-refractivity contribution in [2.45, 2.75) is 11.8 Å². The molecule has 0 saturated carbocycles. The lowest BCUT2D eigenvalue weighted by Gasteiger charge is -2.06. The maximum Gasteiger partial charge on any atom is 0.0705 e. The molecule has 68 valence electrons. The lowest BCUT2D eigenvalue weighted by atomic mass is 10.1. The van der Waals surface area contributed by atoms with Crippen LogP contribution in [0.2, 0.25) is 0 Å². The van der Waals surface area contributed by atoms with Gasteiger partial charge < -0.3 is 0 Å². The van der Waals surface area contributed by atoms with Crippen molar-refractivity contribution < 1.29 is 0 Å². The largest absolute Gasteiger partial charge is 0.264 e. The molecule has 0 heterocycles. The lowest BCUT2D eigenvalue weighted by Crippen LogP contribution is -1.82. The number of aryl methyl sites for hydroxylation is 1. The third kappa shape index (κ3) is 2.01. The van der Waals surface area contributed by atoms with Gasteiger partial charge in [0.1, 0.15) is 0 Å². The Morgan fingerprint density at radius 2 is 2.15 bits per heavy atom. The lowest BCUT2D eigenvalue weighted by molar-refractivity contribution is 1.29. The second-order valence-corrected chi connectivity index (χ2v) is 3.59. The smallest absolute Gasteiger partial charge is 0.0705 e. The number of benzene rings is 1. The molecule has 0 fully saturated rings. The highest BCUT2D eigenvalue weighted by Gasteiger charge is 2.02. The van der Waals surface area contributed by atoms with Gasteiger partial charge in [-0.15, -0.1) is 11.8 Å². The highest BCUT2D eigenvalue weighted by molar-refractivity contribution is 7.98. The number of hydrogen-bond donors (Lipinski definition) is 0. The van der Waals surface area contributed by atoms with Gasteiger partial charge in [-0.1, -0.05) is 12.7 Å². The van der Waals surface area contributed by atoms with Gasteiger partial charge in [0.15, 0.2) is 0 Å². The minimum absolute atomic E-state index is 0.907. The average Bonchev–Trinajstić information content (AvgIpc) is 2.17. The fourth-order valence-corrected chi connectivity index (χ4v) is 1.83. The molecule has 2 heteroatoms. The number of nitrogens with zero attached hydrogens (tertiary/aromatic N) is 1. The first-order valence-corrected chi connectivity index (χ1v) is 5.23. The van der Waals surface area contributed by atoms with E-state index in [1.807, 2.05) is 6.07 Å². The van der Waals surface area contributed by atoms with E-state index in [4.69, 9.17) is 0 Å². The zero-order valence-corrected chi connectivity index (χ0v) is 8.82. The summed E-state index contributed by atoms with van der Waals surface area (Å²) in [7, 11) is 0. The highest BCUT2D eigenvalue weighted by atomic mass is 32.2. The van der Waals surface area contributed by atoms with Crippen LogP contribution in [0.5, 0.6) is 0 Å². The van der Waals surface area contributed by atoms with Crippen LogP contribution in [-0.2, 0) is 0 Å². The summed E-state index contributed by atoms with van der Waals surface area (Å²) >= 11 is 1.72. The molecule has 0 radical (unpaired) electrons. The molecule has 0 spiro atoms. The molecule has 1 rings (SSSR count). The molecule has 1 nitrogen and oxygen atoms in total. The van der Waals surface area contributed by atoms with Gasteiger partial charge >= 0.3 is 0 Å². The second kappa shape index (κ2) is 4.28. The zero-order valence-electron chi connectivity index (χ0n) is 8.00. The summed E-state index contributed by atoms with van der Waals surface area (Å²) < 4.78 is 0. The van der Waals surface area contributed by atoms with Crippen molar-refractivity contribution >= 4 is 30.2 Å². The normalized spacial score (nSPS) is 9.69. The van der Waals surface area contributed by atoms with Crippen LogP contribution in [0, 0.1) is 6.92 Å². The molecule has 0 aromatic heterocycles. The monoisotopic (exact) mass is 191 g/mol. The molecular weight excluding hydrogens is 178 g/mol. The molecule has 0 amide bonds. The van der Waals surface area contributed by atoms with Crippen LogP contribution >= 0.6 is 11.8 Å². The van der Waals surface area contributed by atoms with Crippen molar-refractivity contribution in [2.24, 2.45) is 4.99 Å². The van der Waals surface area contributed by atoms with Gasteiger partial charge in [0.25, 0.3) is 0 Å². The van der Waals surface area contributed by atoms with Gasteiger partial charge in [-0.05, 0) is 43.2 Å². The van der Waals surface area contributed by atoms with E-state index >= 15 is 0 Å². The van der Waals surface area contributed by atoms with E-state index < -0.39 is 0 Å². The van der Waals surface area contributed by atoms with Crippen molar-refractivity contribution in [3.05, 3.63) is 29.8 Å². The Morgan fingerprint density at radius 3 is 2.62 bits per heavy atom. The zero-order chi connectivity index (χ0) is 9.84.